The number of rotatable bonds is 4. The minimum absolute atomic E-state index is 0.358. The first-order valence-corrected chi connectivity index (χ1v) is 7.21. The van der Waals surface area contributed by atoms with E-state index in [1.54, 1.807) is 0 Å². The fourth-order valence-electron chi connectivity index (χ4n) is 1.46. The van der Waals surface area contributed by atoms with Crippen LogP contribution in [0.15, 0.2) is 4.42 Å². The Hall–Kier alpha value is -2.03. The van der Waals surface area contributed by atoms with Crippen molar-refractivity contribution in [3.05, 3.63) is 11.6 Å². The number of amides is 1. The molecule has 2 rings (SSSR count). The van der Waals surface area contributed by atoms with Gasteiger partial charge in [0.1, 0.15) is 10.5 Å². The average molecular weight is 311 g/mol. The molecule has 0 saturated heterocycles. The summed E-state index contributed by atoms with van der Waals surface area (Å²) in [6, 6.07) is 0. The third kappa shape index (κ3) is 4.48. The second-order valence-corrected chi connectivity index (χ2v) is 6.12. The summed E-state index contributed by atoms with van der Waals surface area (Å²) in [4.78, 5) is 12.2. The lowest BCUT2D eigenvalue weighted by atomic mass is 10.2. The van der Waals surface area contributed by atoms with Crippen molar-refractivity contribution in [3.8, 4) is 10.8 Å². The van der Waals surface area contributed by atoms with Crippen LogP contribution in [0.4, 0.5) is 4.79 Å². The number of hydrogen-bond acceptors (Lipinski definition) is 8. The van der Waals surface area contributed by atoms with E-state index in [4.69, 9.17) is 9.15 Å². The summed E-state index contributed by atoms with van der Waals surface area (Å²) in [5, 5.41) is 14.4. The lowest BCUT2D eigenvalue weighted by molar-refractivity contribution is 0.0528. The van der Waals surface area contributed by atoms with Crippen molar-refractivity contribution in [3.63, 3.8) is 0 Å². The van der Waals surface area contributed by atoms with E-state index in [2.05, 4.69) is 25.1 Å². The van der Waals surface area contributed by atoms with Crippen molar-refractivity contribution in [2.45, 2.75) is 39.7 Å². The summed E-state index contributed by atoms with van der Waals surface area (Å²) in [5.74, 6) is 0.837. The molecular formula is C12H17N5O3S. The number of aryl methyl sites for hydroxylation is 1. The van der Waals surface area contributed by atoms with Crippen molar-refractivity contribution in [1.82, 2.24) is 25.1 Å². The van der Waals surface area contributed by atoms with Gasteiger partial charge in [-0.25, -0.2) is 4.79 Å². The van der Waals surface area contributed by atoms with Gasteiger partial charge >= 0.3 is 6.09 Å². The highest BCUT2D eigenvalue weighted by atomic mass is 32.1. The average Bonchev–Trinajstić information content (AvgIpc) is 2.95. The molecule has 0 atom stereocenters. The van der Waals surface area contributed by atoms with Crippen LogP contribution in [-0.2, 0) is 11.2 Å². The quantitative estimate of drug-likeness (QED) is 0.920. The van der Waals surface area contributed by atoms with Crippen molar-refractivity contribution < 1.29 is 13.9 Å². The molecular weight excluding hydrogens is 294 g/mol. The lowest BCUT2D eigenvalue weighted by Gasteiger charge is -2.19. The molecule has 0 radical (unpaired) electrons. The molecule has 2 heterocycles. The second-order valence-electron chi connectivity index (χ2n) is 5.37. The van der Waals surface area contributed by atoms with Gasteiger partial charge in [-0.1, -0.05) is 4.49 Å². The number of alkyl carbamates (subject to hydrolysis) is 1. The second kappa shape index (κ2) is 6.17. The minimum Gasteiger partial charge on any atom is -0.444 e. The van der Waals surface area contributed by atoms with Crippen LogP contribution in [0.2, 0.25) is 0 Å². The normalized spacial score (nSPS) is 11.4. The topological polar surface area (TPSA) is 103 Å². The molecule has 1 N–H and O–H groups in total. The number of nitrogens with one attached hydrogen (secondary N) is 1. The van der Waals surface area contributed by atoms with Crippen LogP contribution in [0.3, 0.4) is 0 Å². The smallest absolute Gasteiger partial charge is 0.407 e. The SMILES string of the molecule is Cc1nnsc1-c1nnc(CCNC(=O)OC(C)(C)C)o1. The lowest BCUT2D eigenvalue weighted by Crippen LogP contribution is -2.33. The van der Waals surface area contributed by atoms with Gasteiger partial charge in [-0.3, -0.25) is 0 Å². The van der Waals surface area contributed by atoms with Crippen molar-refractivity contribution in [2.24, 2.45) is 0 Å². The Morgan fingerprint density at radius 1 is 1.33 bits per heavy atom. The summed E-state index contributed by atoms with van der Waals surface area (Å²) in [5.41, 5.74) is 0.236. The van der Waals surface area contributed by atoms with Gasteiger partial charge in [-0.05, 0) is 39.2 Å². The van der Waals surface area contributed by atoms with Gasteiger partial charge in [0.05, 0.1) is 5.69 Å². The zero-order valence-corrected chi connectivity index (χ0v) is 13.2. The molecule has 1 amide bonds. The first-order valence-electron chi connectivity index (χ1n) is 6.44. The molecule has 0 unspecified atom stereocenters. The molecule has 0 aromatic carbocycles. The number of carbonyl (C=O) groups excluding carboxylic acids is 1. The predicted molar refractivity (Wildman–Crippen MR) is 75.9 cm³/mol. The van der Waals surface area contributed by atoms with E-state index in [1.165, 1.54) is 11.5 Å². The van der Waals surface area contributed by atoms with E-state index >= 15 is 0 Å². The number of aromatic nitrogens is 4. The van der Waals surface area contributed by atoms with Crippen molar-refractivity contribution >= 4 is 17.6 Å². The first-order chi connectivity index (χ1) is 9.85. The van der Waals surface area contributed by atoms with Crippen molar-refractivity contribution in [2.75, 3.05) is 6.54 Å². The summed E-state index contributed by atoms with van der Waals surface area (Å²) < 4.78 is 14.4. The van der Waals surface area contributed by atoms with Crippen LogP contribution in [0.25, 0.3) is 10.8 Å². The van der Waals surface area contributed by atoms with E-state index in [-0.39, 0.29) is 0 Å². The Kier molecular flexibility index (Phi) is 4.51. The molecule has 114 valence electrons. The van der Waals surface area contributed by atoms with Crippen LogP contribution >= 0.6 is 11.5 Å². The largest absolute Gasteiger partial charge is 0.444 e. The number of nitrogens with zero attached hydrogens (tertiary/aromatic N) is 4. The maximum absolute atomic E-state index is 11.5. The summed E-state index contributed by atoms with van der Waals surface area (Å²) in [7, 11) is 0. The van der Waals surface area contributed by atoms with Crippen LogP contribution in [0.5, 0.6) is 0 Å². The van der Waals surface area contributed by atoms with Crippen LogP contribution in [0.1, 0.15) is 32.4 Å². The number of carbonyl (C=O) groups is 1. The van der Waals surface area contributed by atoms with E-state index in [0.717, 1.165) is 10.6 Å². The van der Waals surface area contributed by atoms with Crippen LogP contribution in [-0.4, -0.2) is 38.0 Å². The molecule has 0 aliphatic rings. The summed E-state index contributed by atoms with van der Waals surface area (Å²) >= 11 is 1.20. The van der Waals surface area contributed by atoms with E-state index < -0.39 is 11.7 Å². The standard InChI is InChI=1S/C12H17N5O3S/c1-7-9(21-17-14-7)10-16-15-8(19-10)5-6-13-11(18)20-12(2,3)4/h5-6H2,1-4H3,(H,13,18). The fourth-order valence-corrected chi connectivity index (χ4v) is 2.04. The third-order valence-corrected chi connectivity index (χ3v) is 3.14. The Morgan fingerprint density at radius 3 is 2.71 bits per heavy atom. The molecule has 21 heavy (non-hydrogen) atoms. The molecule has 0 spiro atoms. The maximum Gasteiger partial charge on any atom is 0.407 e. The van der Waals surface area contributed by atoms with E-state index in [0.29, 0.717) is 24.7 Å². The van der Waals surface area contributed by atoms with Crippen LogP contribution < -0.4 is 5.32 Å². The fraction of sp³-hybridized carbons (Fsp3) is 0.583. The predicted octanol–water partition coefficient (Wildman–Crippen LogP) is 1.96. The molecule has 9 heteroatoms. The first kappa shape index (κ1) is 15.4. The Bertz CT molecular complexity index is 616. The molecule has 2 aromatic rings. The highest BCUT2D eigenvalue weighted by molar-refractivity contribution is 7.09. The van der Waals surface area contributed by atoms with Gasteiger partial charge in [0.15, 0.2) is 0 Å². The minimum atomic E-state index is -0.515. The molecule has 2 aromatic heterocycles. The number of hydrogen-bond donors (Lipinski definition) is 1. The zero-order valence-electron chi connectivity index (χ0n) is 12.3. The van der Waals surface area contributed by atoms with Gasteiger partial charge in [0, 0.05) is 13.0 Å². The molecule has 0 saturated carbocycles. The highest BCUT2D eigenvalue weighted by Gasteiger charge is 2.17. The Morgan fingerprint density at radius 2 is 2.10 bits per heavy atom. The van der Waals surface area contributed by atoms with E-state index in [1.807, 2.05) is 27.7 Å². The van der Waals surface area contributed by atoms with Crippen molar-refractivity contribution in [1.29, 1.82) is 0 Å². The molecule has 0 fully saturated rings. The zero-order chi connectivity index (χ0) is 15.5. The summed E-state index contributed by atoms with van der Waals surface area (Å²) in [6.45, 7) is 7.61. The molecule has 0 aliphatic carbocycles. The molecule has 0 bridgehead atoms. The Balaban J connectivity index is 1.84. The molecule has 0 aliphatic heterocycles. The Labute approximate surface area is 126 Å². The van der Waals surface area contributed by atoms with Gasteiger partial charge in [0.2, 0.25) is 5.89 Å². The van der Waals surface area contributed by atoms with E-state index in [9.17, 15) is 4.79 Å². The maximum atomic E-state index is 11.5. The van der Waals surface area contributed by atoms with Gasteiger partial charge in [-0.15, -0.1) is 15.3 Å². The van der Waals surface area contributed by atoms with Gasteiger partial charge in [-0.2, -0.15) is 0 Å². The highest BCUT2D eigenvalue weighted by Crippen LogP contribution is 2.23. The monoisotopic (exact) mass is 311 g/mol. The number of ether oxygens (including phenoxy) is 1. The van der Waals surface area contributed by atoms with Crippen LogP contribution in [0, 0.1) is 6.92 Å². The third-order valence-electron chi connectivity index (χ3n) is 2.32. The van der Waals surface area contributed by atoms with Gasteiger partial charge in [0.25, 0.3) is 5.89 Å². The molecule has 8 nitrogen and oxygen atoms in total. The van der Waals surface area contributed by atoms with Gasteiger partial charge < -0.3 is 14.5 Å². The summed E-state index contributed by atoms with van der Waals surface area (Å²) in [6.07, 6.45) is -0.0397.